The van der Waals surface area contributed by atoms with Crippen LogP contribution in [0.1, 0.15) is 24.1 Å². The Hall–Kier alpha value is -3.48. The zero-order valence-electron chi connectivity index (χ0n) is 16.3. The van der Waals surface area contributed by atoms with Gasteiger partial charge in [-0.15, -0.1) is 0 Å². The highest BCUT2D eigenvalue weighted by Crippen LogP contribution is 2.32. The van der Waals surface area contributed by atoms with Crippen molar-refractivity contribution in [1.29, 1.82) is 0 Å². The van der Waals surface area contributed by atoms with Crippen LogP contribution in [0.2, 0.25) is 0 Å². The summed E-state index contributed by atoms with van der Waals surface area (Å²) in [5.74, 6) is -0.0736. The quantitative estimate of drug-likeness (QED) is 0.430. The van der Waals surface area contributed by atoms with Crippen LogP contribution in [0.25, 0.3) is 21.9 Å². The van der Waals surface area contributed by atoms with Crippen molar-refractivity contribution < 1.29 is 4.79 Å². The molecule has 0 radical (unpaired) electrons. The summed E-state index contributed by atoms with van der Waals surface area (Å²) in [5, 5.41) is 4.16. The summed E-state index contributed by atoms with van der Waals surface area (Å²) >= 11 is 0. The van der Waals surface area contributed by atoms with Crippen LogP contribution in [0.4, 0.5) is 11.4 Å². The summed E-state index contributed by atoms with van der Waals surface area (Å²) in [6, 6.07) is 11.8. The van der Waals surface area contributed by atoms with Gasteiger partial charge in [0.25, 0.3) is 0 Å². The number of imidazole rings is 1. The predicted octanol–water partition coefficient (Wildman–Crippen LogP) is 3.43. The van der Waals surface area contributed by atoms with E-state index < -0.39 is 0 Å². The molecule has 2 aromatic carbocycles. The summed E-state index contributed by atoms with van der Waals surface area (Å²) in [4.78, 5) is 35.9. The molecule has 1 amide bonds. The number of carbonyl (C=O) groups excluding carboxylic acids is 1. The number of benzene rings is 2. The highest BCUT2D eigenvalue weighted by Gasteiger charge is 2.20. The van der Waals surface area contributed by atoms with Crippen LogP contribution in [0.5, 0.6) is 0 Å². The molecule has 2 aromatic heterocycles. The van der Waals surface area contributed by atoms with Crippen molar-refractivity contribution in [2.75, 3.05) is 23.3 Å². The summed E-state index contributed by atoms with van der Waals surface area (Å²) in [5.41, 5.74) is 5.94. The molecule has 0 atom stereocenters. The summed E-state index contributed by atoms with van der Waals surface area (Å²) in [6.07, 6.45) is 2.55. The van der Waals surface area contributed by atoms with E-state index in [9.17, 15) is 9.59 Å². The van der Waals surface area contributed by atoms with Gasteiger partial charge in [-0.2, -0.15) is 0 Å². The smallest absolute Gasteiger partial charge is 0.323 e. The third kappa shape index (κ3) is 3.18. The number of para-hydroxylation sites is 1. The molecule has 0 aliphatic carbocycles. The second-order valence-corrected chi connectivity index (χ2v) is 7.69. The van der Waals surface area contributed by atoms with Gasteiger partial charge in [0.1, 0.15) is 0 Å². The van der Waals surface area contributed by atoms with Gasteiger partial charge in [0.2, 0.25) is 5.91 Å². The first-order valence-electron chi connectivity index (χ1n) is 9.95. The Balaban J connectivity index is 1.48. The fraction of sp³-hybridized carbons (Fsp3) is 0.273. The first-order chi connectivity index (χ1) is 14.1. The molecule has 3 heterocycles. The number of anilines is 2. The highest BCUT2D eigenvalue weighted by atomic mass is 16.1. The Labute approximate surface area is 167 Å². The van der Waals surface area contributed by atoms with E-state index in [1.165, 1.54) is 0 Å². The predicted molar refractivity (Wildman–Crippen MR) is 116 cm³/mol. The number of H-pyrrole nitrogens is 3. The van der Waals surface area contributed by atoms with Crippen molar-refractivity contribution in [2.45, 2.75) is 26.2 Å². The fourth-order valence-corrected chi connectivity index (χ4v) is 4.31. The van der Waals surface area contributed by atoms with Gasteiger partial charge in [-0.05, 0) is 43.5 Å². The third-order valence-corrected chi connectivity index (χ3v) is 5.72. The maximum absolute atomic E-state index is 13.0. The maximum Gasteiger partial charge on any atom is 0.323 e. The van der Waals surface area contributed by atoms with Crippen LogP contribution >= 0.6 is 0 Å². The zero-order chi connectivity index (χ0) is 20.0. The lowest BCUT2D eigenvalue weighted by molar-refractivity contribution is -0.115. The van der Waals surface area contributed by atoms with E-state index in [1.807, 2.05) is 43.3 Å². The Morgan fingerprint density at radius 2 is 1.76 bits per heavy atom. The minimum absolute atomic E-state index is 0.0736. The number of aryl methyl sites for hydroxylation is 1. The third-order valence-electron chi connectivity index (χ3n) is 5.72. The first kappa shape index (κ1) is 17.6. The van der Waals surface area contributed by atoms with Crippen molar-refractivity contribution in [3.05, 3.63) is 58.1 Å². The molecule has 7 heteroatoms. The summed E-state index contributed by atoms with van der Waals surface area (Å²) in [7, 11) is 0. The van der Waals surface area contributed by atoms with Gasteiger partial charge in [-0.25, -0.2) is 4.79 Å². The number of carbonyl (C=O) groups is 1. The Morgan fingerprint density at radius 1 is 1.03 bits per heavy atom. The normalized spacial score (nSPS) is 14.2. The molecule has 0 unspecified atom stereocenters. The topological polar surface area (TPSA) is 96.8 Å². The number of hydrogen-bond donors (Lipinski definition) is 4. The van der Waals surface area contributed by atoms with Gasteiger partial charge in [0, 0.05) is 29.7 Å². The molecule has 148 valence electrons. The maximum atomic E-state index is 13.0. The number of hydrogen-bond acceptors (Lipinski definition) is 3. The SMILES string of the molecule is Cc1[nH]c2ccccc2c1CC(=O)Nc1cc2[nH]c(=O)[nH]c2cc1N1CCCC1. The van der Waals surface area contributed by atoms with Crippen molar-refractivity contribution in [2.24, 2.45) is 0 Å². The van der Waals surface area contributed by atoms with E-state index in [1.54, 1.807) is 0 Å². The summed E-state index contributed by atoms with van der Waals surface area (Å²) < 4.78 is 0. The van der Waals surface area contributed by atoms with E-state index >= 15 is 0 Å². The van der Waals surface area contributed by atoms with Crippen molar-refractivity contribution in [1.82, 2.24) is 15.0 Å². The Morgan fingerprint density at radius 3 is 2.55 bits per heavy atom. The number of rotatable bonds is 4. The molecule has 7 nitrogen and oxygen atoms in total. The average Bonchev–Trinajstić information content (AvgIpc) is 3.40. The lowest BCUT2D eigenvalue weighted by Gasteiger charge is -2.22. The molecule has 5 rings (SSSR count). The molecule has 1 aliphatic heterocycles. The number of fused-ring (bicyclic) bond motifs is 2. The van der Waals surface area contributed by atoms with Gasteiger partial charge in [0.15, 0.2) is 0 Å². The second kappa shape index (κ2) is 6.84. The van der Waals surface area contributed by atoms with Crippen molar-refractivity contribution >= 4 is 39.2 Å². The largest absolute Gasteiger partial charge is 0.370 e. The first-order valence-corrected chi connectivity index (χ1v) is 9.95. The van der Waals surface area contributed by atoms with E-state index in [-0.39, 0.29) is 18.0 Å². The van der Waals surface area contributed by atoms with Gasteiger partial charge in [-0.1, -0.05) is 18.2 Å². The van der Waals surface area contributed by atoms with Gasteiger partial charge in [-0.3, -0.25) is 4.79 Å². The standard InChI is InChI=1S/C22H23N5O2/c1-13-15(14-6-2-3-7-16(14)23-13)10-21(28)24-19-11-17-18(26-22(29)25-17)12-20(19)27-8-4-5-9-27/h2-3,6-7,11-12,23H,4-5,8-10H2,1H3,(H,24,28)(H2,25,26,29). The lowest BCUT2D eigenvalue weighted by Crippen LogP contribution is -2.22. The van der Waals surface area contributed by atoms with Crippen molar-refractivity contribution in [3.63, 3.8) is 0 Å². The van der Waals surface area contributed by atoms with Crippen LogP contribution in [0, 0.1) is 6.92 Å². The number of amides is 1. The second-order valence-electron chi connectivity index (χ2n) is 7.69. The highest BCUT2D eigenvalue weighted by molar-refractivity contribution is 6.01. The van der Waals surface area contributed by atoms with Gasteiger partial charge in [0.05, 0.1) is 28.8 Å². The molecule has 1 saturated heterocycles. The summed E-state index contributed by atoms with van der Waals surface area (Å²) in [6.45, 7) is 3.89. The number of nitrogens with zero attached hydrogens (tertiary/aromatic N) is 1. The lowest BCUT2D eigenvalue weighted by atomic mass is 10.1. The molecule has 4 N–H and O–H groups in total. The minimum atomic E-state index is -0.245. The van der Waals surface area contributed by atoms with E-state index in [2.05, 4.69) is 25.2 Å². The molecule has 29 heavy (non-hydrogen) atoms. The number of aromatic amines is 3. The van der Waals surface area contributed by atoms with E-state index in [0.717, 1.165) is 65.0 Å². The van der Waals surface area contributed by atoms with E-state index in [4.69, 9.17) is 0 Å². The van der Waals surface area contributed by atoms with Gasteiger partial charge >= 0.3 is 5.69 Å². The van der Waals surface area contributed by atoms with Crippen LogP contribution < -0.4 is 15.9 Å². The fourth-order valence-electron chi connectivity index (χ4n) is 4.31. The monoisotopic (exact) mass is 389 g/mol. The molecule has 0 bridgehead atoms. The van der Waals surface area contributed by atoms with Crippen LogP contribution in [0.3, 0.4) is 0 Å². The van der Waals surface area contributed by atoms with Crippen molar-refractivity contribution in [3.8, 4) is 0 Å². The molecular formula is C22H23N5O2. The Kier molecular flexibility index (Phi) is 4.16. The zero-order valence-corrected chi connectivity index (χ0v) is 16.3. The molecule has 0 saturated carbocycles. The van der Waals surface area contributed by atoms with E-state index in [0.29, 0.717) is 5.52 Å². The molecule has 4 aromatic rings. The average molecular weight is 389 g/mol. The molecule has 0 spiro atoms. The number of aromatic nitrogens is 3. The molecular weight excluding hydrogens is 366 g/mol. The Bertz CT molecular complexity index is 1270. The van der Waals surface area contributed by atoms with Crippen LogP contribution in [-0.2, 0) is 11.2 Å². The minimum Gasteiger partial charge on any atom is -0.370 e. The number of nitrogens with one attached hydrogen (secondary N) is 4. The molecule has 1 fully saturated rings. The molecule has 1 aliphatic rings. The van der Waals surface area contributed by atoms with Crippen LogP contribution in [-0.4, -0.2) is 33.9 Å². The van der Waals surface area contributed by atoms with Gasteiger partial charge < -0.3 is 25.2 Å². The van der Waals surface area contributed by atoms with Crippen LogP contribution in [0.15, 0.2) is 41.2 Å².